The number of carbonyl (C=O) groups is 1. The topological polar surface area (TPSA) is 81.2 Å². The number of anilines is 1. The Morgan fingerprint density at radius 1 is 1.27 bits per heavy atom. The van der Waals surface area contributed by atoms with Crippen LogP contribution in [-0.4, -0.2) is 15.9 Å². The van der Waals surface area contributed by atoms with Gasteiger partial charge >= 0.3 is 12.1 Å². The number of aromatic nitrogens is 2. The quantitative estimate of drug-likeness (QED) is 0.743. The smallest absolute Gasteiger partial charge is 0.435 e. The van der Waals surface area contributed by atoms with Gasteiger partial charge in [-0.05, 0) is 43.9 Å². The van der Waals surface area contributed by atoms with Crippen molar-refractivity contribution in [3.8, 4) is 0 Å². The third-order valence-corrected chi connectivity index (χ3v) is 4.10. The number of amides is 1. The molecule has 4 rings (SSSR count). The molecule has 1 aromatic carbocycles. The van der Waals surface area contributed by atoms with Gasteiger partial charge in [0.25, 0.3) is 5.91 Å². The van der Waals surface area contributed by atoms with Gasteiger partial charge in [0, 0.05) is 12.1 Å². The van der Waals surface area contributed by atoms with E-state index in [1.165, 1.54) is 18.2 Å². The number of rotatable bonds is 4. The van der Waals surface area contributed by atoms with E-state index in [1.807, 2.05) is 0 Å². The molecule has 9 heteroatoms. The normalized spacial score (nSPS) is 14.8. The highest BCUT2D eigenvalue weighted by Gasteiger charge is 2.37. The van der Waals surface area contributed by atoms with Crippen LogP contribution in [0.5, 0.6) is 0 Å². The van der Waals surface area contributed by atoms with Crippen LogP contribution < -0.4 is 5.32 Å². The third kappa shape index (κ3) is 3.29. The molecule has 1 amide bonds. The van der Waals surface area contributed by atoms with E-state index < -0.39 is 18.0 Å². The molecule has 1 aliphatic rings. The first-order chi connectivity index (χ1) is 12.3. The average Bonchev–Trinajstić information content (AvgIpc) is 3.12. The monoisotopic (exact) mass is 365 g/mol. The van der Waals surface area contributed by atoms with Gasteiger partial charge in [0.05, 0.1) is 5.69 Å². The molecule has 0 unspecified atom stereocenters. The summed E-state index contributed by atoms with van der Waals surface area (Å²) in [7, 11) is 0. The molecule has 0 spiro atoms. The average molecular weight is 365 g/mol. The van der Waals surface area contributed by atoms with E-state index >= 15 is 0 Å². The highest BCUT2D eigenvalue weighted by atomic mass is 19.4. The van der Waals surface area contributed by atoms with E-state index in [9.17, 15) is 18.0 Å². The Bertz CT molecular complexity index is 986. The van der Waals surface area contributed by atoms with Gasteiger partial charge in [-0.1, -0.05) is 0 Å². The molecule has 0 radical (unpaired) electrons. The van der Waals surface area contributed by atoms with Crippen LogP contribution in [-0.2, 0) is 12.6 Å². The van der Waals surface area contributed by atoms with E-state index in [2.05, 4.69) is 19.7 Å². The van der Waals surface area contributed by atoms with Gasteiger partial charge in [-0.15, -0.1) is 0 Å². The lowest BCUT2D eigenvalue weighted by molar-refractivity contribution is -0.156. The van der Waals surface area contributed by atoms with Crippen molar-refractivity contribution in [1.82, 2.24) is 9.97 Å². The summed E-state index contributed by atoms with van der Waals surface area (Å²) < 4.78 is 48.2. The fraction of sp³-hybridized carbons (Fsp3) is 0.353. The number of fused-ring (bicyclic) bond motifs is 1. The molecular weight excluding hydrogens is 351 g/mol. The summed E-state index contributed by atoms with van der Waals surface area (Å²) in [6, 6.07) is 4.06. The summed E-state index contributed by atoms with van der Waals surface area (Å²) in [4.78, 5) is 20.0. The number of carbonyl (C=O) groups excluding carboxylic acids is 1. The van der Waals surface area contributed by atoms with E-state index in [0.29, 0.717) is 23.9 Å². The number of nitrogens with one attached hydrogen (secondary N) is 1. The molecular formula is C17H14F3N3O3. The summed E-state index contributed by atoms with van der Waals surface area (Å²) >= 11 is 0. The second kappa shape index (κ2) is 5.86. The first-order valence-corrected chi connectivity index (χ1v) is 8.05. The molecule has 1 fully saturated rings. The highest BCUT2D eigenvalue weighted by Crippen LogP contribution is 2.33. The van der Waals surface area contributed by atoms with Crippen molar-refractivity contribution in [1.29, 1.82) is 0 Å². The van der Waals surface area contributed by atoms with Gasteiger partial charge in [0.1, 0.15) is 5.52 Å². The largest absolute Gasteiger partial charge is 0.468 e. The van der Waals surface area contributed by atoms with Gasteiger partial charge in [-0.25, -0.2) is 9.97 Å². The van der Waals surface area contributed by atoms with Crippen LogP contribution in [0.2, 0.25) is 0 Å². The van der Waals surface area contributed by atoms with Crippen LogP contribution >= 0.6 is 0 Å². The van der Waals surface area contributed by atoms with Crippen molar-refractivity contribution in [2.24, 2.45) is 5.92 Å². The predicted molar refractivity (Wildman–Crippen MR) is 84.6 cm³/mol. The van der Waals surface area contributed by atoms with Crippen LogP contribution in [0.1, 0.15) is 40.9 Å². The van der Waals surface area contributed by atoms with Crippen molar-refractivity contribution < 1.29 is 26.8 Å². The zero-order chi connectivity index (χ0) is 18.5. The number of hydrogen-bond acceptors (Lipinski definition) is 5. The Kier molecular flexibility index (Phi) is 3.74. The van der Waals surface area contributed by atoms with E-state index in [4.69, 9.17) is 4.42 Å². The number of alkyl halides is 3. The van der Waals surface area contributed by atoms with Gasteiger partial charge in [-0.2, -0.15) is 13.2 Å². The molecule has 26 heavy (non-hydrogen) atoms. The number of oxazole rings is 2. The van der Waals surface area contributed by atoms with Gasteiger partial charge in [0.15, 0.2) is 11.5 Å². The Balaban J connectivity index is 1.54. The number of halogens is 3. The third-order valence-electron chi connectivity index (χ3n) is 4.10. The van der Waals surface area contributed by atoms with E-state index in [0.717, 1.165) is 12.8 Å². The Labute approximate surface area is 145 Å². The minimum Gasteiger partial charge on any atom is -0.435 e. The van der Waals surface area contributed by atoms with Crippen molar-refractivity contribution in [2.75, 3.05) is 5.32 Å². The van der Waals surface area contributed by atoms with Crippen molar-refractivity contribution in [3.05, 3.63) is 41.4 Å². The zero-order valence-corrected chi connectivity index (χ0v) is 13.7. The summed E-state index contributed by atoms with van der Waals surface area (Å²) in [6.45, 7) is 1.67. The maximum atomic E-state index is 12.7. The molecule has 0 bridgehead atoms. The van der Waals surface area contributed by atoms with Crippen LogP contribution in [0.4, 0.5) is 18.9 Å². The van der Waals surface area contributed by atoms with Crippen LogP contribution in [0.3, 0.4) is 0 Å². The summed E-state index contributed by atoms with van der Waals surface area (Å²) in [6.07, 6.45) is -1.68. The molecule has 1 N–H and O–H groups in total. The SMILES string of the molecule is Cc1nc(CC2CC2)oc1C(=O)Nc1ccc2oc(C(F)(F)F)nc2c1. The molecule has 136 valence electrons. The molecule has 6 nitrogen and oxygen atoms in total. The molecule has 3 aromatic rings. The van der Waals surface area contributed by atoms with E-state index in [1.54, 1.807) is 6.92 Å². The minimum absolute atomic E-state index is 0.00107. The fourth-order valence-corrected chi connectivity index (χ4v) is 2.63. The predicted octanol–water partition coefficient (Wildman–Crippen LogP) is 4.35. The summed E-state index contributed by atoms with van der Waals surface area (Å²) in [5.41, 5.74) is 0.737. The number of nitrogens with zero attached hydrogens (tertiary/aromatic N) is 2. The highest BCUT2D eigenvalue weighted by molar-refractivity contribution is 6.03. The molecule has 1 saturated carbocycles. The Morgan fingerprint density at radius 2 is 2.04 bits per heavy atom. The fourth-order valence-electron chi connectivity index (χ4n) is 2.63. The maximum absolute atomic E-state index is 12.7. The molecule has 0 saturated heterocycles. The number of benzene rings is 1. The van der Waals surface area contributed by atoms with Crippen molar-refractivity contribution in [3.63, 3.8) is 0 Å². The standard InChI is InChI=1S/C17H14F3N3O3/c1-8-14(26-13(21-8)6-9-2-3-9)15(24)22-10-4-5-12-11(7-10)23-16(25-12)17(18,19)20/h4-5,7,9H,2-3,6H2,1H3,(H,22,24). The Hall–Kier alpha value is -2.84. The number of hydrogen-bond donors (Lipinski definition) is 1. The molecule has 2 heterocycles. The molecule has 1 aliphatic carbocycles. The lowest BCUT2D eigenvalue weighted by atomic mass is 10.2. The number of aryl methyl sites for hydroxylation is 1. The first kappa shape index (κ1) is 16.6. The second-order valence-corrected chi connectivity index (χ2v) is 6.32. The summed E-state index contributed by atoms with van der Waals surface area (Å²) in [5.74, 6) is -0.655. The second-order valence-electron chi connectivity index (χ2n) is 6.32. The van der Waals surface area contributed by atoms with Crippen molar-refractivity contribution >= 4 is 22.7 Å². The Morgan fingerprint density at radius 3 is 2.73 bits per heavy atom. The first-order valence-electron chi connectivity index (χ1n) is 8.05. The molecule has 2 aromatic heterocycles. The van der Waals surface area contributed by atoms with Crippen molar-refractivity contribution in [2.45, 2.75) is 32.4 Å². The lowest BCUT2D eigenvalue weighted by Gasteiger charge is -2.02. The molecule has 0 aliphatic heterocycles. The van der Waals surface area contributed by atoms with Gasteiger partial charge in [-0.3, -0.25) is 4.79 Å². The minimum atomic E-state index is -4.67. The lowest BCUT2D eigenvalue weighted by Crippen LogP contribution is -2.12. The van der Waals surface area contributed by atoms with E-state index in [-0.39, 0.29) is 22.5 Å². The summed E-state index contributed by atoms with van der Waals surface area (Å²) in [5, 5.41) is 2.59. The van der Waals surface area contributed by atoms with Crippen LogP contribution in [0.15, 0.2) is 27.0 Å². The van der Waals surface area contributed by atoms with Gasteiger partial charge in [0.2, 0.25) is 5.76 Å². The van der Waals surface area contributed by atoms with Crippen LogP contribution in [0.25, 0.3) is 11.1 Å². The van der Waals surface area contributed by atoms with Gasteiger partial charge < -0.3 is 14.2 Å². The van der Waals surface area contributed by atoms with Crippen LogP contribution in [0, 0.1) is 12.8 Å². The maximum Gasteiger partial charge on any atom is 0.468 e. The molecule has 0 atom stereocenters. The zero-order valence-electron chi connectivity index (χ0n) is 13.7.